The van der Waals surface area contributed by atoms with E-state index < -0.39 is 5.60 Å². The fraction of sp³-hybridized carbons (Fsp3) is 0.421. The second-order valence-electron chi connectivity index (χ2n) is 7.16. The molecule has 0 bridgehead atoms. The largest absolute Gasteiger partial charge is 0.379 e. The number of H-pyrrole nitrogens is 1. The fourth-order valence-corrected chi connectivity index (χ4v) is 3.65. The van der Waals surface area contributed by atoms with Crippen LogP contribution in [0, 0.1) is 0 Å². The van der Waals surface area contributed by atoms with Crippen molar-refractivity contribution in [3.05, 3.63) is 42.1 Å². The number of aromatic nitrogens is 1. The maximum Gasteiger partial charge on any atom is 0.246 e. The summed E-state index contributed by atoms with van der Waals surface area (Å²) < 4.78 is 5.18. The number of aliphatic hydroxyl groups is 1. The number of nitrogens with two attached hydrogens (primary N) is 1. The maximum absolute atomic E-state index is 11.7. The molecule has 138 valence electrons. The van der Waals surface area contributed by atoms with Crippen molar-refractivity contribution in [1.29, 1.82) is 0 Å². The first-order chi connectivity index (χ1) is 12.5. The summed E-state index contributed by atoms with van der Waals surface area (Å²) in [5, 5.41) is 11.6. The van der Waals surface area contributed by atoms with Crippen molar-refractivity contribution in [2.24, 2.45) is 5.73 Å². The molecule has 0 unspecified atom stereocenters. The Kier molecular flexibility index (Phi) is 4.02. The maximum atomic E-state index is 11.7. The molecule has 2 saturated heterocycles. The predicted molar refractivity (Wildman–Crippen MR) is 99.9 cm³/mol. The number of likely N-dealkylation sites (tertiary alicyclic amines) is 1. The lowest BCUT2D eigenvalue weighted by molar-refractivity contribution is -0.186. The van der Waals surface area contributed by atoms with Gasteiger partial charge < -0.3 is 30.4 Å². The molecule has 2 aliphatic heterocycles. The van der Waals surface area contributed by atoms with Crippen LogP contribution in [-0.4, -0.2) is 60.3 Å². The molecule has 0 atom stereocenters. The number of amides is 1. The molecule has 2 aromatic rings. The molecular formula is C19H24N4O3. The molecule has 26 heavy (non-hydrogen) atoms. The molecule has 2 fully saturated rings. The SMILES string of the molecule is C=CC(=O)N1CC(N(C)c2ccc(CN)c3[nH]c(C4(O)COC4)cc23)C1. The first-order valence-corrected chi connectivity index (χ1v) is 8.76. The van der Waals surface area contributed by atoms with E-state index in [4.69, 9.17) is 10.5 Å². The van der Waals surface area contributed by atoms with E-state index in [1.807, 2.05) is 19.2 Å². The Bertz CT molecular complexity index is 865. The molecule has 1 aromatic heterocycles. The van der Waals surface area contributed by atoms with Gasteiger partial charge in [0, 0.05) is 37.8 Å². The average molecular weight is 356 g/mol. The van der Waals surface area contributed by atoms with Gasteiger partial charge in [-0.05, 0) is 23.8 Å². The summed E-state index contributed by atoms with van der Waals surface area (Å²) in [6, 6.07) is 6.32. The molecule has 0 saturated carbocycles. The number of ether oxygens (including phenoxy) is 1. The van der Waals surface area contributed by atoms with Crippen molar-refractivity contribution in [2.75, 3.05) is 38.3 Å². The van der Waals surface area contributed by atoms with Gasteiger partial charge in [0.15, 0.2) is 5.60 Å². The van der Waals surface area contributed by atoms with E-state index in [1.165, 1.54) is 6.08 Å². The molecule has 2 aliphatic rings. The summed E-state index contributed by atoms with van der Waals surface area (Å²) in [5.41, 5.74) is 8.71. The summed E-state index contributed by atoms with van der Waals surface area (Å²) in [4.78, 5) is 19.0. The second kappa shape index (κ2) is 6.12. The highest BCUT2D eigenvalue weighted by molar-refractivity contribution is 5.96. The quantitative estimate of drug-likeness (QED) is 0.685. The number of nitrogens with one attached hydrogen (secondary N) is 1. The van der Waals surface area contributed by atoms with Crippen LogP contribution < -0.4 is 10.6 Å². The van der Waals surface area contributed by atoms with Gasteiger partial charge in [-0.2, -0.15) is 0 Å². The Labute approximate surface area is 152 Å². The van der Waals surface area contributed by atoms with Crippen LogP contribution in [0.4, 0.5) is 5.69 Å². The Morgan fingerprint density at radius 2 is 2.27 bits per heavy atom. The van der Waals surface area contributed by atoms with Crippen LogP contribution in [0.5, 0.6) is 0 Å². The van der Waals surface area contributed by atoms with Gasteiger partial charge in [0.2, 0.25) is 5.91 Å². The van der Waals surface area contributed by atoms with Crippen molar-refractivity contribution in [3.8, 4) is 0 Å². The third-order valence-corrected chi connectivity index (χ3v) is 5.54. The van der Waals surface area contributed by atoms with Crippen molar-refractivity contribution in [3.63, 3.8) is 0 Å². The van der Waals surface area contributed by atoms with Crippen molar-refractivity contribution in [2.45, 2.75) is 18.2 Å². The molecule has 3 heterocycles. The standard InChI is InChI=1S/C19H24N4O3/c1-3-17(24)23-8-13(9-23)22(2)15-5-4-12(7-20)18-14(15)6-16(21-18)19(25)10-26-11-19/h3-6,13,21,25H,1,7-11,20H2,2H3. The number of carbonyl (C=O) groups excluding carboxylic acids is 1. The van der Waals surface area contributed by atoms with Crippen LogP contribution in [0.2, 0.25) is 0 Å². The Morgan fingerprint density at radius 3 is 2.85 bits per heavy atom. The van der Waals surface area contributed by atoms with E-state index in [0.717, 1.165) is 27.8 Å². The lowest BCUT2D eigenvalue weighted by Gasteiger charge is -2.44. The zero-order chi connectivity index (χ0) is 18.5. The van der Waals surface area contributed by atoms with Crippen molar-refractivity contribution in [1.82, 2.24) is 9.88 Å². The van der Waals surface area contributed by atoms with E-state index in [9.17, 15) is 9.90 Å². The summed E-state index contributed by atoms with van der Waals surface area (Å²) in [7, 11) is 2.03. The highest BCUT2D eigenvalue weighted by Gasteiger charge is 2.40. The summed E-state index contributed by atoms with van der Waals surface area (Å²) in [6.45, 7) is 5.90. The topological polar surface area (TPSA) is 94.8 Å². The lowest BCUT2D eigenvalue weighted by Crippen LogP contribution is -2.60. The summed E-state index contributed by atoms with van der Waals surface area (Å²) >= 11 is 0. The number of rotatable bonds is 5. The predicted octanol–water partition coefficient (Wildman–Crippen LogP) is 0.677. The highest BCUT2D eigenvalue weighted by Crippen LogP contribution is 2.37. The monoisotopic (exact) mass is 356 g/mol. The first kappa shape index (κ1) is 17.1. The summed E-state index contributed by atoms with van der Waals surface area (Å²) in [5.74, 6) is -0.0330. The normalized spacial score (nSPS) is 19.1. The molecular weight excluding hydrogens is 332 g/mol. The van der Waals surface area contributed by atoms with Gasteiger partial charge in [-0.25, -0.2) is 0 Å². The van der Waals surface area contributed by atoms with Gasteiger partial charge in [0.05, 0.1) is 30.5 Å². The number of fused-ring (bicyclic) bond motifs is 1. The van der Waals surface area contributed by atoms with Gasteiger partial charge in [0.1, 0.15) is 0 Å². The minimum atomic E-state index is -0.954. The minimum Gasteiger partial charge on any atom is -0.379 e. The number of benzene rings is 1. The van der Waals surface area contributed by atoms with Crippen LogP contribution in [0.25, 0.3) is 10.9 Å². The number of likely N-dealkylation sites (N-methyl/N-ethyl adjacent to an activating group) is 1. The third kappa shape index (κ3) is 2.51. The van der Waals surface area contributed by atoms with E-state index in [2.05, 4.69) is 22.5 Å². The fourth-order valence-electron chi connectivity index (χ4n) is 3.65. The zero-order valence-electron chi connectivity index (χ0n) is 14.9. The average Bonchev–Trinajstić information content (AvgIpc) is 3.02. The summed E-state index contributed by atoms with van der Waals surface area (Å²) in [6.07, 6.45) is 1.35. The van der Waals surface area contributed by atoms with E-state index in [1.54, 1.807) is 4.90 Å². The van der Waals surface area contributed by atoms with Gasteiger partial charge >= 0.3 is 0 Å². The molecule has 4 N–H and O–H groups in total. The second-order valence-corrected chi connectivity index (χ2v) is 7.16. The van der Waals surface area contributed by atoms with Crippen LogP contribution in [0.15, 0.2) is 30.9 Å². The van der Waals surface area contributed by atoms with Crippen LogP contribution in [0.3, 0.4) is 0 Å². The molecule has 1 aromatic carbocycles. The Balaban J connectivity index is 1.67. The molecule has 0 radical (unpaired) electrons. The third-order valence-electron chi connectivity index (χ3n) is 5.54. The van der Waals surface area contributed by atoms with Gasteiger partial charge in [0.25, 0.3) is 0 Å². The molecule has 1 amide bonds. The molecule has 7 heteroatoms. The zero-order valence-corrected chi connectivity index (χ0v) is 14.9. The number of hydrogen-bond donors (Lipinski definition) is 3. The van der Waals surface area contributed by atoms with Crippen LogP contribution in [0.1, 0.15) is 11.3 Å². The van der Waals surface area contributed by atoms with Crippen molar-refractivity contribution < 1.29 is 14.6 Å². The first-order valence-electron chi connectivity index (χ1n) is 8.76. The number of aromatic amines is 1. The van der Waals surface area contributed by atoms with E-state index >= 15 is 0 Å². The molecule has 7 nitrogen and oxygen atoms in total. The smallest absolute Gasteiger partial charge is 0.246 e. The molecule has 0 spiro atoms. The van der Waals surface area contributed by atoms with Gasteiger partial charge in [-0.1, -0.05) is 12.6 Å². The number of anilines is 1. The minimum absolute atomic E-state index is 0.0330. The highest BCUT2D eigenvalue weighted by atomic mass is 16.5. The Morgan fingerprint density at radius 1 is 1.54 bits per heavy atom. The number of nitrogens with zero attached hydrogens (tertiary/aromatic N) is 2. The number of hydrogen-bond acceptors (Lipinski definition) is 5. The van der Waals surface area contributed by atoms with E-state index in [-0.39, 0.29) is 11.9 Å². The van der Waals surface area contributed by atoms with Crippen LogP contribution >= 0.6 is 0 Å². The molecule has 0 aliphatic carbocycles. The Hall–Kier alpha value is -2.35. The van der Waals surface area contributed by atoms with E-state index in [0.29, 0.717) is 32.8 Å². The molecule has 4 rings (SSSR count). The number of carbonyl (C=O) groups is 1. The van der Waals surface area contributed by atoms with Gasteiger partial charge in [-0.3, -0.25) is 4.79 Å². The van der Waals surface area contributed by atoms with Crippen molar-refractivity contribution >= 4 is 22.5 Å². The van der Waals surface area contributed by atoms with Crippen LogP contribution in [-0.2, 0) is 21.7 Å². The lowest BCUT2D eigenvalue weighted by atomic mass is 9.97. The van der Waals surface area contributed by atoms with Gasteiger partial charge in [-0.15, -0.1) is 0 Å².